The first kappa shape index (κ1) is 18.0. The van der Waals surface area contributed by atoms with Crippen LogP contribution in [0.4, 0.5) is 0 Å². The molecule has 7 nitrogen and oxygen atoms in total. The van der Waals surface area contributed by atoms with Crippen molar-refractivity contribution in [3.8, 4) is 5.75 Å². The van der Waals surface area contributed by atoms with Gasteiger partial charge in [0.15, 0.2) is 0 Å². The largest absolute Gasteiger partial charge is 0.493 e. The van der Waals surface area contributed by atoms with E-state index in [4.69, 9.17) is 4.74 Å². The van der Waals surface area contributed by atoms with Crippen molar-refractivity contribution in [2.75, 3.05) is 32.8 Å². The Balaban J connectivity index is 1.50. The molecule has 1 unspecified atom stereocenters. The van der Waals surface area contributed by atoms with Crippen LogP contribution in [0.25, 0.3) is 0 Å². The summed E-state index contributed by atoms with van der Waals surface area (Å²) in [5.74, 6) is 3.16. The molecule has 3 heterocycles. The quantitative estimate of drug-likeness (QED) is 0.890. The molecular weight excluding hydrogens is 342 g/mol. The summed E-state index contributed by atoms with van der Waals surface area (Å²) in [6, 6.07) is 7.49. The average Bonchev–Trinajstić information content (AvgIpc) is 3.00. The molecular formula is C20H27N5O2. The van der Waals surface area contributed by atoms with Crippen LogP contribution in [0.15, 0.2) is 24.3 Å². The number of para-hydroxylation sites is 1. The van der Waals surface area contributed by atoms with Gasteiger partial charge in [-0.2, -0.15) is 0 Å². The number of fused-ring (bicyclic) bond motifs is 1. The van der Waals surface area contributed by atoms with Crippen LogP contribution in [0, 0.1) is 0 Å². The van der Waals surface area contributed by atoms with Gasteiger partial charge >= 0.3 is 0 Å². The number of carbonyl (C=O) groups excluding carboxylic acids is 1. The molecule has 0 saturated carbocycles. The zero-order valence-corrected chi connectivity index (χ0v) is 15.9. The van der Waals surface area contributed by atoms with E-state index in [2.05, 4.69) is 20.1 Å². The molecule has 144 valence electrons. The summed E-state index contributed by atoms with van der Waals surface area (Å²) in [5, 5.41) is 12.4. The minimum Gasteiger partial charge on any atom is -0.493 e. The van der Waals surface area contributed by atoms with E-state index >= 15 is 0 Å². The van der Waals surface area contributed by atoms with E-state index in [1.165, 1.54) is 6.42 Å². The molecule has 4 rings (SSSR count). The smallest absolute Gasteiger partial charge is 0.257 e. The van der Waals surface area contributed by atoms with Crippen LogP contribution in [0.1, 0.15) is 47.7 Å². The van der Waals surface area contributed by atoms with E-state index < -0.39 is 0 Å². The molecule has 7 heteroatoms. The highest BCUT2D eigenvalue weighted by Gasteiger charge is 2.27. The maximum atomic E-state index is 13.1. The molecule has 0 radical (unpaired) electrons. The number of amides is 1. The number of ether oxygens (including phenoxy) is 1. The number of aromatic nitrogens is 3. The van der Waals surface area contributed by atoms with Gasteiger partial charge in [-0.05, 0) is 38.4 Å². The SMILES string of the molecule is CCOc1ccccc1C(=O)N1CCc2nnc(C3CCCNC3)n2CC1. The fourth-order valence-corrected chi connectivity index (χ4v) is 4.02. The van der Waals surface area contributed by atoms with Gasteiger partial charge in [-0.3, -0.25) is 4.79 Å². The molecule has 1 aromatic heterocycles. The second kappa shape index (κ2) is 8.08. The van der Waals surface area contributed by atoms with E-state index in [1.807, 2.05) is 36.1 Å². The maximum Gasteiger partial charge on any atom is 0.257 e. The average molecular weight is 369 g/mol. The van der Waals surface area contributed by atoms with Crippen LogP contribution in [-0.2, 0) is 13.0 Å². The number of nitrogens with zero attached hydrogens (tertiary/aromatic N) is 4. The normalized spacial score (nSPS) is 20.0. The molecule has 0 aliphatic carbocycles. The zero-order valence-electron chi connectivity index (χ0n) is 15.9. The van der Waals surface area contributed by atoms with E-state index in [-0.39, 0.29) is 5.91 Å². The fraction of sp³-hybridized carbons (Fsp3) is 0.550. The molecule has 2 aliphatic heterocycles. The van der Waals surface area contributed by atoms with Crippen molar-refractivity contribution in [3.63, 3.8) is 0 Å². The predicted octanol–water partition coefficient (Wildman–Crippen LogP) is 1.84. The van der Waals surface area contributed by atoms with Crippen molar-refractivity contribution < 1.29 is 9.53 Å². The first-order chi connectivity index (χ1) is 13.3. The Morgan fingerprint density at radius 3 is 2.96 bits per heavy atom. The van der Waals surface area contributed by atoms with E-state index in [0.717, 1.165) is 44.1 Å². The van der Waals surface area contributed by atoms with Gasteiger partial charge in [-0.1, -0.05) is 12.1 Å². The zero-order chi connectivity index (χ0) is 18.6. The number of nitrogens with one attached hydrogen (secondary N) is 1. The summed E-state index contributed by atoms with van der Waals surface area (Å²) < 4.78 is 7.88. The van der Waals surface area contributed by atoms with Gasteiger partial charge in [0.05, 0.1) is 12.2 Å². The fourth-order valence-electron chi connectivity index (χ4n) is 4.02. The molecule has 2 aromatic rings. The first-order valence-electron chi connectivity index (χ1n) is 9.91. The standard InChI is InChI=1S/C20H27N5O2/c1-2-27-17-8-4-3-7-16(17)20(26)24-11-9-18-22-23-19(25(18)13-12-24)15-6-5-10-21-14-15/h3-4,7-8,15,21H,2,5-6,9-14H2,1H3. The van der Waals surface area contributed by atoms with Crippen LogP contribution in [0.3, 0.4) is 0 Å². The van der Waals surface area contributed by atoms with Gasteiger partial charge in [-0.25, -0.2) is 0 Å². The summed E-state index contributed by atoms with van der Waals surface area (Å²) in [6.07, 6.45) is 3.05. The second-order valence-corrected chi connectivity index (χ2v) is 7.14. The third-order valence-electron chi connectivity index (χ3n) is 5.42. The lowest BCUT2D eigenvalue weighted by Gasteiger charge is -2.24. The maximum absolute atomic E-state index is 13.1. The Labute approximate surface area is 159 Å². The Bertz CT molecular complexity index is 797. The highest BCUT2D eigenvalue weighted by Crippen LogP contribution is 2.25. The van der Waals surface area contributed by atoms with Gasteiger partial charge in [-0.15, -0.1) is 10.2 Å². The third kappa shape index (κ3) is 3.69. The van der Waals surface area contributed by atoms with Crippen molar-refractivity contribution in [2.24, 2.45) is 0 Å². The summed E-state index contributed by atoms with van der Waals surface area (Å²) in [7, 11) is 0. The molecule has 27 heavy (non-hydrogen) atoms. The monoisotopic (exact) mass is 369 g/mol. The molecule has 1 amide bonds. The molecule has 0 spiro atoms. The van der Waals surface area contributed by atoms with Crippen molar-refractivity contribution in [1.82, 2.24) is 25.0 Å². The van der Waals surface area contributed by atoms with Crippen LogP contribution < -0.4 is 10.1 Å². The topological polar surface area (TPSA) is 72.3 Å². The lowest BCUT2D eigenvalue weighted by Crippen LogP contribution is -2.34. The van der Waals surface area contributed by atoms with Crippen molar-refractivity contribution in [3.05, 3.63) is 41.5 Å². The van der Waals surface area contributed by atoms with Crippen LogP contribution in [0.2, 0.25) is 0 Å². The van der Waals surface area contributed by atoms with Gasteiger partial charge in [0.1, 0.15) is 17.4 Å². The minimum absolute atomic E-state index is 0.0265. The number of hydrogen-bond acceptors (Lipinski definition) is 5. The first-order valence-corrected chi connectivity index (χ1v) is 9.91. The number of piperidine rings is 1. The molecule has 1 N–H and O–H groups in total. The highest BCUT2D eigenvalue weighted by atomic mass is 16.5. The van der Waals surface area contributed by atoms with Crippen molar-refractivity contribution in [1.29, 1.82) is 0 Å². The van der Waals surface area contributed by atoms with Crippen LogP contribution in [0.5, 0.6) is 5.75 Å². The Hall–Kier alpha value is -2.41. The van der Waals surface area contributed by atoms with Gasteiger partial charge in [0.2, 0.25) is 0 Å². The van der Waals surface area contributed by atoms with Crippen LogP contribution in [-0.4, -0.2) is 58.4 Å². The van der Waals surface area contributed by atoms with E-state index in [1.54, 1.807) is 0 Å². The third-order valence-corrected chi connectivity index (χ3v) is 5.42. The Morgan fingerprint density at radius 1 is 1.26 bits per heavy atom. The van der Waals surface area contributed by atoms with Gasteiger partial charge < -0.3 is 19.5 Å². The molecule has 1 atom stereocenters. The van der Waals surface area contributed by atoms with Gasteiger partial charge in [0, 0.05) is 38.5 Å². The number of benzene rings is 1. The Kier molecular flexibility index (Phi) is 5.38. The molecule has 0 bridgehead atoms. The minimum atomic E-state index is 0.0265. The van der Waals surface area contributed by atoms with Crippen LogP contribution >= 0.6 is 0 Å². The van der Waals surface area contributed by atoms with Crippen molar-refractivity contribution in [2.45, 2.75) is 38.6 Å². The van der Waals surface area contributed by atoms with E-state index in [9.17, 15) is 4.79 Å². The lowest BCUT2D eigenvalue weighted by molar-refractivity contribution is 0.0754. The number of rotatable bonds is 4. The van der Waals surface area contributed by atoms with Crippen molar-refractivity contribution >= 4 is 5.91 Å². The molecule has 1 saturated heterocycles. The summed E-state index contributed by atoms with van der Waals surface area (Å²) in [6.45, 7) is 6.58. The van der Waals surface area contributed by atoms with Gasteiger partial charge in [0.25, 0.3) is 5.91 Å². The molecule has 2 aliphatic rings. The second-order valence-electron chi connectivity index (χ2n) is 7.14. The summed E-state index contributed by atoms with van der Waals surface area (Å²) in [4.78, 5) is 15.0. The lowest BCUT2D eigenvalue weighted by atomic mass is 9.99. The number of hydrogen-bond donors (Lipinski definition) is 1. The highest BCUT2D eigenvalue weighted by molar-refractivity contribution is 5.97. The molecule has 1 fully saturated rings. The van der Waals surface area contributed by atoms with E-state index in [0.29, 0.717) is 36.9 Å². The predicted molar refractivity (Wildman–Crippen MR) is 102 cm³/mol. The number of carbonyl (C=O) groups is 1. The summed E-state index contributed by atoms with van der Waals surface area (Å²) in [5.41, 5.74) is 0.633. The Morgan fingerprint density at radius 2 is 2.15 bits per heavy atom. The molecule has 1 aromatic carbocycles. The summed E-state index contributed by atoms with van der Waals surface area (Å²) >= 11 is 0.